The molecule has 13 heteroatoms. The minimum Gasteiger partial charge on any atom is -0.463 e. The minimum absolute atomic E-state index is 0.304. The van der Waals surface area contributed by atoms with E-state index < -0.39 is 57.4 Å². The van der Waals surface area contributed by atoms with Crippen molar-refractivity contribution in [1.29, 1.82) is 0 Å². The molecule has 9 nitrogen and oxygen atoms in total. The zero-order valence-corrected chi connectivity index (χ0v) is 20.9. The number of thioether (sulfide) groups is 1. The molecule has 0 radical (unpaired) electrons. The van der Waals surface area contributed by atoms with Crippen molar-refractivity contribution in [3.63, 3.8) is 0 Å². The predicted octanol–water partition coefficient (Wildman–Crippen LogP) is 2.79. The van der Waals surface area contributed by atoms with Crippen LogP contribution in [0.3, 0.4) is 0 Å². The van der Waals surface area contributed by atoms with Crippen LogP contribution in [0.25, 0.3) is 0 Å². The SMILES string of the molecule is CC(=O)OC[C@H]1O[C@@H](Sc2ccccc2)[C@H](NC(=O)C(Cl)(Cl)Cl)[C@@H](OC(C)=O)[C@@H]1OC(C)=O. The summed E-state index contributed by atoms with van der Waals surface area (Å²) in [6.45, 7) is 3.19. The molecule has 1 N–H and O–H groups in total. The summed E-state index contributed by atoms with van der Waals surface area (Å²) in [5.74, 6) is -3.03. The van der Waals surface area contributed by atoms with Crippen LogP contribution in [0.1, 0.15) is 20.8 Å². The number of carbonyl (C=O) groups is 4. The maximum Gasteiger partial charge on any atom is 0.303 e. The first-order chi connectivity index (χ1) is 15.4. The van der Waals surface area contributed by atoms with E-state index in [-0.39, 0.29) is 6.61 Å². The molecule has 1 heterocycles. The predicted molar refractivity (Wildman–Crippen MR) is 121 cm³/mol. The second-order valence-corrected chi connectivity index (χ2v) is 10.4. The number of halogens is 3. The van der Waals surface area contributed by atoms with Gasteiger partial charge in [-0.05, 0) is 12.1 Å². The zero-order chi connectivity index (χ0) is 24.8. The molecule has 1 saturated heterocycles. The van der Waals surface area contributed by atoms with E-state index in [9.17, 15) is 19.2 Å². The summed E-state index contributed by atoms with van der Waals surface area (Å²) in [7, 11) is 0. The summed E-state index contributed by atoms with van der Waals surface area (Å²) < 4.78 is 19.6. The number of esters is 3. The van der Waals surface area contributed by atoms with Crippen LogP contribution in [0, 0.1) is 0 Å². The number of carbonyl (C=O) groups excluding carboxylic acids is 4. The Morgan fingerprint density at radius 1 is 0.970 bits per heavy atom. The number of amides is 1. The smallest absolute Gasteiger partial charge is 0.303 e. The topological polar surface area (TPSA) is 117 Å². The largest absolute Gasteiger partial charge is 0.463 e. The van der Waals surface area contributed by atoms with E-state index >= 15 is 0 Å². The Balaban J connectivity index is 2.49. The average molecular weight is 543 g/mol. The number of alkyl halides is 3. The van der Waals surface area contributed by atoms with Gasteiger partial charge >= 0.3 is 17.9 Å². The van der Waals surface area contributed by atoms with Crippen LogP contribution in [0.2, 0.25) is 0 Å². The highest BCUT2D eigenvalue weighted by molar-refractivity contribution is 7.99. The molecular weight excluding hydrogens is 521 g/mol. The highest BCUT2D eigenvalue weighted by Crippen LogP contribution is 2.37. The van der Waals surface area contributed by atoms with Crippen molar-refractivity contribution in [3.05, 3.63) is 30.3 Å². The number of rotatable bonds is 7. The first-order valence-corrected chi connectivity index (χ1v) is 11.6. The molecule has 1 aliphatic heterocycles. The minimum atomic E-state index is -2.33. The lowest BCUT2D eigenvalue weighted by atomic mass is 9.97. The van der Waals surface area contributed by atoms with Crippen molar-refractivity contribution in [3.8, 4) is 0 Å². The summed E-state index contributed by atoms with van der Waals surface area (Å²) in [5, 5.41) is 2.52. The standard InChI is InChI=1S/C20H22Cl3NO8S/c1-10(25)29-9-14-16(30-11(2)26)17(31-12(3)27)15(24-19(28)20(21,22)23)18(32-14)33-13-7-5-4-6-8-13/h4-8,14-18H,9H2,1-3H3,(H,24,28)/t14-,15-,16-,17-,18+/m1/s1. The molecule has 0 aliphatic carbocycles. The van der Waals surface area contributed by atoms with E-state index in [0.717, 1.165) is 18.7 Å². The van der Waals surface area contributed by atoms with Crippen molar-refractivity contribution in [2.24, 2.45) is 0 Å². The van der Waals surface area contributed by atoms with Crippen LogP contribution in [0.4, 0.5) is 0 Å². The summed E-state index contributed by atoms with van der Waals surface area (Å²) in [4.78, 5) is 48.4. The van der Waals surface area contributed by atoms with Gasteiger partial charge in [0.15, 0.2) is 12.2 Å². The van der Waals surface area contributed by atoms with Gasteiger partial charge in [0, 0.05) is 25.7 Å². The fraction of sp³-hybridized carbons (Fsp3) is 0.500. The highest BCUT2D eigenvalue weighted by atomic mass is 35.6. The molecule has 1 aromatic rings. The molecule has 5 atom stereocenters. The fourth-order valence-electron chi connectivity index (χ4n) is 3.02. The Morgan fingerprint density at radius 2 is 1.55 bits per heavy atom. The third kappa shape index (κ3) is 8.53. The maximum atomic E-state index is 12.5. The quantitative estimate of drug-likeness (QED) is 0.315. The lowest BCUT2D eigenvalue weighted by Crippen LogP contribution is -2.66. The zero-order valence-electron chi connectivity index (χ0n) is 17.8. The van der Waals surface area contributed by atoms with E-state index in [4.69, 9.17) is 53.8 Å². The fourth-order valence-corrected chi connectivity index (χ4v) is 4.34. The number of ether oxygens (including phenoxy) is 4. The van der Waals surface area contributed by atoms with Gasteiger partial charge in [-0.25, -0.2) is 0 Å². The van der Waals surface area contributed by atoms with E-state index in [0.29, 0.717) is 0 Å². The normalized spacial score (nSPS) is 25.0. The molecule has 0 bridgehead atoms. The number of hydrogen-bond donors (Lipinski definition) is 1. The maximum absolute atomic E-state index is 12.5. The summed E-state index contributed by atoms with van der Waals surface area (Å²) in [6, 6.07) is 7.88. The molecule has 0 aromatic heterocycles. The Labute approximate surface area is 209 Å². The van der Waals surface area contributed by atoms with Crippen molar-refractivity contribution in [2.75, 3.05) is 6.61 Å². The van der Waals surface area contributed by atoms with Gasteiger partial charge in [0.2, 0.25) is 0 Å². The molecule has 1 aliphatic rings. The molecule has 2 rings (SSSR count). The van der Waals surface area contributed by atoms with Gasteiger partial charge in [-0.1, -0.05) is 64.8 Å². The second kappa shape index (κ2) is 12.1. The van der Waals surface area contributed by atoms with Gasteiger partial charge in [-0.15, -0.1) is 0 Å². The van der Waals surface area contributed by atoms with Crippen LogP contribution in [0.5, 0.6) is 0 Å². The van der Waals surface area contributed by atoms with Gasteiger partial charge in [0.25, 0.3) is 9.70 Å². The average Bonchev–Trinajstić information content (AvgIpc) is 2.70. The molecular formula is C20H22Cl3NO8S. The van der Waals surface area contributed by atoms with Gasteiger partial charge in [-0.2, -0.15) is 0 Å². The van der Waals surface area contributed by atoms with Crippen molar-refractivity contribution in [1.82, 2.24) is 5.32 Å². The molecule has 33 heavy (non-hydrogen) atoms. The number of benzene rings is 1. The lowest BCUT2D eigenvalue weighted by molar-refractivity contribution is -0.211. The van der Waals surface area contributed by atoms with Gasteiger partial charge in [0.05, 0.1) is 0 Å². The first kappa shape index (κ1) is 27.5. The Morgan fingerprint density at radius 3 is 2.06 bits per heavy atom. The second-order valence-electron chi connectivity index (χ2n) is 6.92. The monoisotopic (exact) mass is 541 g/mol. The highest BCUT2D eigenvalue weighted by Gasteiger charge is 2.52. The molecule has 0 unspecified atom stereocenters. The summed E-state index contributed by atoms with van der Waals surface area (Å²) in [6.07, 6.45) is -3.51. The van der Waals surface area contributed by atoms with Crippen LogP contribution in [-0.2, 0) is 38.1 Å². The molecule has 182 valence electrons. The molecule has 0 spiro atoms. The molecule has 1 aromatic carbocycles. The van der Waals surface area contributed by atoms with E-state index in [1.165, 1.54) is 18.7 Å². The van der Waals surface area contributed by atoms with Crippen LogP contribution in [-0.4, -0.2) is 64.0 Å². The van der Waals surface area contributed by atoms with E-state index in [1.807, 2.05) is 6.07 Å². The Kier molecular flexibility index (Phi) is 10.1. The van der Waals surface area contributed by atoms with Crippen molar-refractivity contribution >= 4 is 70.4 Å². The van der Waals surface area contributed by atoms with Crippen molar-refractivity contribution < 1.29 is 38.1 Å². The van der Waals surface area contributed by atoms with E-state index in [2.05, 4.69) is 5.32 Å². The third-order valence-corrected chi connectivity index (χ3v) is 5.95. The lowest BCUT2D eigenvalue weighted by Gasteiger charge is -2.45. The molecule has 0 saturated carbocycles. The van der Waals surface area contributed by atoms with Crippen LogP contribution in [0.15, 0.2) is 35.2 Å². The Hall–Kier alpha value is -1.72. The van der Waals surface area contributed by atoms with Crippen LogP contribution < -0.4 is 5.32 Å². The van der Waals surface area contributed by atoms with Crippen molar-refractivity contribution in [2.45, 2.75) is 59.2 Å². The third-order valence-electron chi connectivity index (χ3n) is 4.25. The summed E-state index contributed by atoms with van der Waals surface area (Å²) >= 11 is 18.3. The van der Waals surface area contributed by atoms with Gasteiger partial charge in [-0.3, -0.25) is 19.2 Å². The van der Waals surface area contributed by atoms with Gasteiger partial charge in [0.1, 0.15) is 24.2 Å². The molecule has 1 fully saturated rings. The number of hydrogen-bond acceptors (Lipinski definition) is 9. The number of nitrogens with one attached hydrogen (secondary N) is 1. The Bertz CT molecular complexity index is 867. The summed E-state index contributed by atoms with van der Waals surface area (Å²) in [5.41, 5.74) is -0.916. The first-order valence-electron chi connectivity index (χ1n) is 9.61. The molecule has 1 amide bonds. The van der Waals surface area contributed by atoms with Crippen LogP contribution >= 0.6 is 46.6 Å². The van der Waals surface area contributed by atoms with E-state index in [1.54, 1.807) is 24.3 Å². The van der Waals surface area contributed by atoms with Gasteiger partial charge < -0.3 is 24.3 Å².